The van der Waals surface area contributed by atoms with Crippen LogP contribution in [-0.4, -0.2) is 23.9 Å². The molecule has 26 heavy (non-hydrogen) atoms. The predicted octanol–water partition coefficient (Wildman–Crippen LogP) is 5.35. The summed E-state index contributed by atoms with van der Waals surface area (Å²) in [6.45, 7) is 10.4. The number of aliphatic hydroxyl groups excluding tert-OH is 1. The minimum absolute atomic E-state index is 0.0386. The average molecular weight is 377 g/mol. The average Bonchev–Trinajstić information content (AvgIpc) is 2.58. The van der Waals surface area contributed by atoms with E-state index in [1.54, 1.807) is 0 Å². The van der Waals surface area contributed by atoms with Crippen LogP contribution in [0.5, 0.6) is 5.75 Å². The second kappa shape index (κ2) is 8.43. The summed E-state index contributed by atoms with van der Waals surface area (Å²) in [5.74, 6) is 0.872. The molecule has 0 radical (unpaired) electrons. The van der Waals surface area contributed by atoms with Gasteiger partial charge in [-0.3, -0.25) is 0 Å². The first-order valence-electron chi connectivity index (χ1n) is 8.98. The van der Waals surface area contributed by atoms with Gasteiger partial charge in [-0.2, -0.15) is 0 Å². The van der Waals surface area contributed by atoms with E-state index in [1.807, 2.05) is 58.9 Å². The van der Waals surface area contributed by atoms with Gasteiger partial charge in [-0.25, -0.2) is 0 Å². The quantitative estimate of drug-likeness (QED) is 0.674. The summed E-state index contributed by atoms with van der Waals surface area (Å²) in [6.07, 6.45) is 0.735. The molecule has 2 rings (SSSR count). The third kappa shape index (κ3) is 5.47. The van der Waals surface area contributed by atoms with Crippen molar-refractivity contribution in [1.29, 1.82) is 0 Å². The molecule has 2 aromatic carbocycles. The lowest BCUT2D eigenvalue weighted by Crippen LogP contribution is -2.38. The van der Waals surface area contributed by atoms with Crippen LogP contribution in [0.25, 0.3) is 0 Å². The van der Waals surface area contributed by atoms with Crippen molar-refractivity contribution in [3.8, 4) is 5.75 Å². The van der Waals surface area contributed by atoms with Crippen molar-refractivity contribution in [2.24, 2.45) is 0 Å². The number of halogens is 1. The summed E-state index contributed by atoms with van der Waals surface area (Å²) in [7, 11) is 0. The molecular formula is C22H29ClO3. The highest BCUT2D eigenvalue weighted by molar-refractivity contribution is 6.31. The van der Waals surface area contributed by atoms with E-state index in [2.05, 4.69) is 18.2 Å². The fourth-order valence-electron chi connectivity index (χ4n) is 2.96. The van der Waals surface area contributed by atoms with E-state index < -0.39 is 11.2 Å². The fraction of sp³-hybridized carbons (Fsp3) is 0.455. The van der Waals surface area contributed by atoms with Gasteiger partial charge in [-0.1, -0.05) is 35.9 Å². The van der Waals surface area contributed by atoms with Gasteiger partial charge in [0.2, 0.25) is 0 Å². The summed E-state index contributed by atoms with van der Waals surface area (Å²) >= 11 is 6.43. The summed E-state index contributed by atoms with van der Waals surface area (Å²) in [6, 6.07) is 14.1. The number of ether oxygens (including phenoxy) is 2. The highest BCUT2D eigenvalue weighted by atomic mass is 35.5. The van der Waals surface area contributed by atoms with Crippen molar-refractivity contribution in [1.82, 2.24) is 0 Å². The summed E-state index contributed by atoms with van der Waals surface area (Å²) < 4.78 is 11.6. The molecule has 0 saturated heterocycles. The molecule has 0 saturated carbocycles. The molecule has 4 heteroatoms. The molecule has 3 nitrogen and oxygen atoms in total. The Kier molecular flexibility index (Phi) is 6.73. The van der Waals surface area contributed by atoms with Crippen molar-refractivity contribution in [3.05, 3.63) is 64.2 Å². The number of aliphatic hydroxyl groups is 1. The molecule has 0 aliphatic heterocycles. The van der Waals surface area contributed by atoms with Gasteiger partial charge >= 0.3 is 0 Å². The lowest BCUT2D eigenvalue weighted by molar-refractivity contribution is -0.146. The Labute approximate surface area is 161 Å². The van der Waals surface area contributed by atoms with E-state index in [9.17, 15) is 5.11 Å². The maximum atomic E-state index is 9.50. The monoisotopic (exact) mass is 376 g/mol. The molecule has 2 aromatic rings. The van der Waals surface area contributed by atoms with Crippen molar-refractivity contribution < 1.29 is 14.6 Å². The Bertz CT molecular complexity index is 721. The number of rotatable bonds is 8. The molecule has 0 aromatic heterocycles. The molecule has 0 aliphatic rings. The first-order valence-corrected chi connectivity index (χ1v) is 9.36. The highest BCUT2D eigenvalue weighted by Crippen LogP contribution is 2.33. The number of hydrogen-bond acceptors (Lipinski definition) is 3. The van der Waals surface area contributed by atoms with Crippen LogP contribution >= 0.6 is 11.6 Å². The van der Waals surface area contributed by atoms with Crippen LogP contribution in [0.4, 0.5) is 0 Å². The normalized spacial score (nSPS) is 12.3. The van der Waals surface area contributed by atoms with Gasteiger partial charge in [-0.15, -0.1) is 0 Å². The van der Waals surface area contributed by atoms with E-state index in [-0.39, 0.29) is 6.61 Å². The van der Waals surface area contributed by atoms with Gasteiger partial charge in [0.15, 0.2) is 0 Å². The van der Waals surface area contributed by atoms with Crippen LogP contribution in [0.1, 0.15) is 51.3 Å². The zero-order valence-electron chi connectivity index (χ0n) is 16.3. The SMILES string of the molecule is CCOc1ccc(Cc2cc(C(C)(C)OC(C)(C)CO)ccc2Cl)cc1. The van der Waals surface area contributed by atoms with Crippen LogP contribution in [0.2, 0.25) is 5.02 Å². The molecule has 142 valence electrons. The maximum Gasteiger partial charge on any atom is 0.119 e. The van der Waals surface area contributed by atoms with Crippen molar-refractivity contribution in [2.75, 3.05) is 13.2 Å². The van der Waals surface area contributed by atoms with Gasteiger partial charge < -0.3 is 14.6 Å². The van der Waals surface area contributed by atoms with Crippen LogP contribution in [0, 0.1) is 0 Å². The number of hydrogen-bond donors (Lipinski definition) is 1. The van der Waals surface area contributed by atoms with Crippen LogP contribution in [-0.2, 0) is 16.8 Å². The zero-order chi connectivity index (χ0) is 19.4. The third-order valence-corrected chi connectivity index (χ3v) is 4.65. The smallest absolute Gasteiger partial charge is 0.119 e. The van der Waals surface area contributed by atoms with E-state index in [1.165, 1.54) is 5.56 Å². The van der Waals surface area contributed by atoms with E-state index in [0.29, 0.717) is 6.61 Å². The summed E-state index contributed by atoms with van der Waals surface area (Å²) in [5.41, 5.74) is 2.10. The van der Waals surface area contributed by atoms with Crippen molar-refractivity contribution in [3.63, 3.8) is 0 Å². The molecule has 0 unspecified atom stereocenters. The molecule has 0 fully saturated rings. The molecule has 0 bridgehead atoms. The Morgan fingerprint density at radius 1 is 1.00 bits per heavy atom. The van der Waals surface area contributed by atoms with E-state index in [4.69, 9.17) is 21.1 Å². The van der Waals surface area contributed by atoms with Crippen LogP contribution in [0.15, 0.2) is 42.5 Å². The van der Waals surface area contributed by atoms with E-state index in [0.717, 1.165) is 28.3 Å². The summed E-state index contributed by atoms with van der Waals surface area (Å²) in [5, 5.41) is 10.2. The maximum absolute atomic E-state index is 9.50. The van der Waals surface area contributed by atoms with Gasteiger partial charge in [0, 0.05) is 5.02 Å². The van der Waals surface area contributed by atoms with E-state index >= 15 is 0 Å². The third-order valence-electron chi connectivity index (χ3n) is 4.28. The molecule has 0 heterocycles. The summed E-state index contributed by atoms with van der Waals surface area (Å²) in [4.78, 5) is 0. The second-order valence-corrected chi connectivity index (χ2v) is 8.00. The van der Waals surface area contributed by atoms with Gasteiger partial charge in [0.25, 0.3) is 0 Å². The van der Waals surface area contributed by atoms with Crippen molar-refractivity contribution in [2.45, 2.75) is 52.2 Å². The Hall–Kier alpha value is -1.55. The Morgan fingerprint density at radius 3 is 2.23 bits per heavy atom. The Morgan fingerprint density at radius 2 is 1.65 bits per heavy atom. The predicted molar refractivity (Wildman–Crippen MR) is 107 cm³/mol. The van der Waals surface area contributed by atoms with Crippen LogP contribution < -0.4 is 4.74 Å². The lowest BCUT2D eigenvalue weighted by Gasteiger charge is -2.35. The molecular weight excluding hydrogens is 348 g/mol. The van der Waals surface area contributed by atoms with Gasteiger partial charge in [0.05, 0.1) is 24.4 Å². The van der Waals surface area contributed by atoms with Crippen LogP contribution in [0.3, 0.4) is 0 Å². The second-order valence-electron chi connectivity index (χ2n) is 7.59. The molecule has 0 aliphatic carbocycles. The standard InChI is InChI=1S/C22H29ClO3/c1-6-25-19-10-7-16(8-11-19)13-17-14-18(9-12-20(17)23)22(4,5)26-21(2,3)15-24/h7-12,14,24H,6,13,15H2,1-5H3. The number of benzene rings is 2. The molecule has 1 N–H and O–H groups in total. The first-order chi connectivity index (χ1) is 12.2. The largest absolute Gasteiger partial charge is 0.494 e. The fourth-order valence-corrected chi connectivity index (χ4v) is 3.14. The van der Waals surface area contributed by atoms with Gasteiger partial charge in [0.1, 0.15) is 5.75 Å². The Balaban J connectivity index is 2.23. The van der Waals surface area contributed by atoms with Gasteiger partial charge in [-0.05, 0) is 75.9 Å². The highest BCUT2D eigenvalue weighted by Gasteiger charge is 2.30. The molecule has 0 amide bonds. The zero-order valence-corrected chi connectivity index (χ0v) is 17.1. The molecule has 0 spiro atoms. The topological polar surface area (TPSA) is 38.7 Å². The first kappa shape index (κ1) is 20.8. The minimum Gasteiger partial charge on any atom is -0.494 e. The van der Waals surface area contributed by atoms with Crippen molar-refractivity contribution >= 4 is 11.6 Å². The lowest BCUT2D eigenvalue weighted by atomic mass is 9.93. The minimum atomic E-state index is -0.613. The molecule has 0 atom stereocenters.